The van der Waals surface area contributed by atoms with Gasteiger partial charge in [0.1, 0.15) is 5.75 Å². The van der Waals surface area contributed by atoms with Crippen molar-refractivity contribution in [3.05, 3.63) is 29.3 Å². The van der Waals surface area contributed by atoms with Gasteiger partial charge in [-0.2, -0.15) is 0 Å². The fourth-order valence-corrected chi connectivity index (χ4v) is 3.88. The summed E-state index contributed by atoms with van der Waals surface area (Å²) >= 11 is 0. The van der Waals surface area contributed by atoms with Crippen molar-refractivity contribution in [3.63, 3.8) is 0 Å². The van der Waals surface area contributed by atoms with Gasteiger partial charge in [0.15, 0.2) is 0 Å². The molecule has 3 rings (SSSR count). The van der Waals surface area contributed by atoms with E-state index in [1.165, 1.54) is 24.8 Å². The quantitative estimate of drug-likeness (QED) is 0.907. The van der Waals surface area contributed by atoms with Gasteiger partial charge in [0, 0.05) is 6.04 Å². The highest BCUT2D eigenvalue weighted by atomic mass is 16.5. The van der Waals surface area contributed by atoms with E-state index in [4.69, 9.17) is 4.74 Å². The molecule has 0 saturated carbocycles. The summed E-state index contributed by atoms with van der Waals surface area (Å²) in [4.78, 5) is 2.53. The molecule has 116 valence electrons. The fourth-order valence-electron chi connectivity index (χ4n) is 3.88. The molecule has 3 nitrogen and oxygen atoms in total. The number of aliphatic hydroxyl groups is 1. The van der Waals surface area contributed by atoms with Crippen LogP contribution in [0, 0.1) is 5.92 Å². The maximum atomic E-state index is 10.8. The van der Waals surface area contributed by atoms with Crippen LogP contribution in [0.25, 0.3) is 0 Å². The van der Waals surface area contributed by atoms with Crippen molar-refractivity contribution >= 4 is 0 Å². The van der Waals surface area contributed by atoms with Crippen molar-refractivity contribution in [1.82, 2.24) is 4.90 Å². The lowest BCUT2D eigenvalue weighted by atomic mass is 9.84. The lowest BCUT2D eigenvalue weighted by Gasteiger charge is -2.38. The summed E-state index contributed by atoms with van der Waals surface area (Å²) in [7, 11) is 1.70. The van der Waals surface area contributed by atoms with Crippen molar-refractivity contribution in [2.24, 2.45) is 5.92 Å². The molecule has 1 aliphatic carbocycles. The highest BCUT2D eigenvalue weighted by molar-refractivity contribution is 5.39. The number of hydrogen-bond acceptors (Lipinski definition) is 3. The van der Waals surface area contributed by atoms with E-state index in [1.807, 2.05) is 12.1 Å². The summed E-state index contributed by atoms with van der Waals surface area (Å²) in [6.07, 6.45) is 5.59. The van der Waals surface area contributed by atoms with E-state index in [0.717, 1.165) is 43.2 Å². The van der Waals surface area contributed by atoms with Gasteiger partial charge in [0.2, 0.25) is 0 Å². The summed E-state index contributed by atoms with van der Waals surface area (Å²) < 4.78 is 5.29. The van der Waals surface area contributed by atoms with Crippen LogP contribution in [0.1, 0.15) is 49.8 Å². The fraction of sp³-hybridized carbons (Fsp3) is 0.667. The number of aliphatic hydroxyl groups excluding tert-OH is 1. The Morgan fingerprint density at radius 3 is 2.86 bits per heavy atom. The van der Waals surface area contributed by atoms with Crippen molar-refractivity contribution in [1.29, 1.82) is 0 Å². The Kier molecular flexibility index (Phi) is 4.51. The third-order valence-corrected chi connectivity index (χ3v) is 5.26. The summed E-state index contributed by atoms with van der Waals surface area (Å²) in [6, 6.07) is 6.39. The Bertz CT molecular complexity index is 488. The largest absolute Gasteiger partial charge is 0.497 e. The van der Waals surface area contributed by atoms with Crippen LogP contribution in [0.2, 0.25) is 0 Å². The van der Waals surface area contributed by atoms with Crippen LogP contribution in [0.4, 0.5) is 0 Å². The van der Waals surface area contributed by atoms with Crippen molar-refractivity contribution < 1.29 is 9.84 Å². The number of hydrogen-bond donors (Lipinski definition) is 1. The second-order valence-corrected chi connectivity index (χ2v) is 6.69. The van der Waals surface area contributed by atoms with Crippen LogP contribution in [0.15, 0.2) is 18.2 Å². The predicted octanol–water partition coefficient (Wildman–Crippen LogP) is 3.17. The zero-order chi connectivity index (χ0) is 14.8. The number of rotatable bonds is 2. The van der Waals surface area contributed by atoms with E-state index < -0.39 is 0 Å². The number of benzene rings is 1. The zero-order valence-electron chi connectivity index (χ0n) is 13.2. The van der Waals surface area contributed by atoms with Crippen LogP contribution in [-0.2, 0) is 6.42 Å². The minimum absolute atomic E-state index is 0.288. The number of fused-ring (bicyclic) bond motifs is 1. The minimum Gasteiger partial charge on any atom is -0.497 e. The maximum Gasteiger partial charge on any atom is 0.119 e. The van der Waals surface area contributed by atoms with Crippen LogP contribution in [-0.4, -0.2) is 36.2 Å². The molecule has 0 spiro atoms. The SMILES string of the molecule is COc1ccc2c(c1)CCC(N1CCCC(C)CC1)C2O. The highest BCUT2D eigenvalue weighted by Crippen LogP contribution is 2.36. The molecule has 3 heteroatoms. The first-order valence-corrected chi connectivity index (χ1v) is 8.28. The lowest BCUT2D eigenvalue weighted by Crippen LogP contribution is -2.42. The zero-order valence-corrected chi connectivity index (χ0v) is 13.2. The monoisotopic (exact) mass is 289 g/mol. The van der Waals surface area contributed by atoms with Gasteiger partial charge in [0.25, 0.3) is 0 Å². The molecule has 1 fully saturated rings. The Balaban J connectivity index is 1.77. The number of ether oxygens (including phenoxy) is 1. The second kappa shape index (κ2) is 6.37. The molecule has 3 unspecified atom stereocenters. The molecule has 0 bridgehead atoms. The smallest absolute Gasteiger partial charge is 0.119 e. The van der Waals surface area contributed by atoms with Crippen LogP contribution in [0.3, 0.4) is 0 Å². The van der Waals surface area contributed by atoms with Gasteiger partial charge < -0.3 is 9.84 Å². The molecule has 0 radical (unpaired) electrons. The topological polar surface area (TPSA) is 32.7 Å². The molecule has 1 aliphatic heterocycles. The highest BCUT2D eigenvalue weighted by Gasteiger charge is 2.33. The van der Waals surface area contributed by atoms with Gasteiger partial charge in [-0.25, -0.2) is 0 Å². The molecule has 1 aromatic carbocycles. The van der Waals surface area contributed by atoms with E-state index in [2.05, 4.69) is 17.9 Å². The standard InChI is InChI=1S/C18H27NO2/c1-13-4-3-10-19(11-9-13)17-8-5-14-12-15(21-2)6-7-16(14)18(17)20/h6-7,12-13,17-18,20H,3-5,8-11H2,1-2H3. The van der Waals surface area contributed by atoms with Crippen LogP contribution >= 0.6 is 0 Å². The first kappa shape index (κ1) is 14.9. The van der Waals surface area contributed by atoms with Crippen molar-refractivity contribution in [2.45, 2.75) is 51.2 Å². The van der Waals surface area contributed by atoms with Gasteiger partial charge in [-0.1, -0.05) is 13.0 Å². The molecule has 1 heterocycles. The molecule has 2 aliphatic rings. The minimum atomic E-state index is -0.354. The number of nitrogens with zero attached hydrogens (tertiary/aromatic N) is 1. The second-order valence-electron chi connectivity index (χ2n) is 6.69. The molecular weight excluding hydrogens is 262 g/mol. The average Bonchev–Trinajstić information content (AvgIpc) is 2.72. The molecule has 0 aromatic heterocycles. The van der Waals surface area contributed by atoms with E-state index in [0.29, 0.717) is 0 Å². The van der Waals surface area contributed by atoms with Gasteiger partial charge in [-0.05, 0) is 74.4 Å². The predicted molar refractivity (Wildman–Crippen MR) is 84.7 cm³/mol. The lowest BCUT2D eigenvalue weighted by molar-refractivity contribution is 0.0372. The maximum absolute atomic E-state index is 10.8. The van der Waals surface area contributed by atoms with Gasteiger partial charge >= 0.3 is 0 Å². The van der Waals surface area contributed by atoms with Crippen molar-refractivity contribution in [2.75, 3.05) is 20.2 Å². The molecule has 0 amide bonds. The Hall–Kier alpha value is -1.06. The molecule has 1 N–H and O–H groups in total. The van der Waals surface area contributed by atoms with E-state index in [1.54, 1.807) is 7.11 Å². The Morgan fingerprint density at radius 1 is 1.19 bits per heavy atom. The molecule has 1 saturated heterocycles. The molecular formula is C18H27NO2. The van der Waals surface area contributed by atoms with Crippen molar-refractivity contribution in [3.8, 4) is 5.75 Å². The summed E-state index contributed by atoms with van der Waals surface area (Å²) in [5.74, 6) is 1.72. The average molecular weight is 289 g/mol. The number of aryl methyl sites for hydroxylation is 1. The van der Waals surface area contributed by atoms with E-state index in [9.17, 15) is 5.11 Å². The summed E-state index contributed by atoms with van der Waals surface area (Å²) in [5, 5.41) is 10.8. The van der Waals surface area contributed by atoms with E-state index >= 15 is 0 Å². The number of likely N-dealkylation sites (tertiary alicyclic amines) is 1. The molecule has 21 heavy (non-hydrogen) atoms. The Morgan fingerprint density at radius 2 is 2.05 bits per heavy atom. The van der Waals surface area contributed by atoms with Gasteiger partial charge in [0.05, 0.1) is 13.2 Å². The van der Waals surface area contributed by atoms with Crippen LogP contribution < -0.4 is 4.74 Å². The molecule has 3 atom stereocenters. The third-order valence-electron chi connectivity index (χ3n) is 5.26. The van der Waals surface area contributed by atoms with Crippen LogP contribution in [0.5, 0.6) is 5.75 Å². The first-order chi connectivity index (χ1) is 10.2. The first-order valence-electron chi connectivity index (χ1n) is 8.28. The number of methoxy groups -OCH3 is 1. The molecule has 1 aromatic rings. The van der Waals surface area contributed by atoms with Gasteiger partial charge in [-0.3, -0.25) is 4.90 Å². The third kappa shape index (κ3) is 3.09. The summed E-state index contributed by atoms with van der Waals surface area (Å²) in [6.45, 7) is 4.62. The normalized spacial score (nSPS) is 30.5. The summed E-state index contributed by atoms with van der Waals surface area (Å²) in [5.41, 5.74) is 2.35. The van der Waals surface area contributed by atoms with E-state index in [-0.39, 0.29) is 12.1 Å². The van der Waals surface area contributed by atoms with Gasteiger partial charge in [-0.15, -0.1) is 0 Å². The Labute approximate surface area is 127 Å².